The number of aliphatic hydroxyl groups excluding tert-OH is 1. The van der Waals surface area contributed by atoms with E-state index in [9.17, 15) is 32.7 Å². The number of aryl methyl sites for hydroxylation is 11. The fourth-order valence-corrected chi connectivity index (χ4v) is 10.6. The molecule has 0 aliphatic heterocycles. The van der Waals surface area contributed by atoms with Crippen LogP contribution in [-0.4, -0.2) is 132 Å². The van der Waals surface area contributed by atoms with Gasteiger partial charge in [0.2, 0.25) is 22.0 Å². The zero-order valence-corrected chi connectivity index (χ0v) is 101. The molecule has 3 amide bonds. The normalized spacial score (nSPS) is 8.65. The van der Waals surface area contributed by atoms with Crippen LogP contribution in [0.15, 0.2) is 205 Å². The number of anilines is 3. The minimum Gasteiger partial charge on any atom is -0.534 e. The summed E-state index contributed by atoms with van der Waals surface area (Å²) < 4.78 is 34.0. The molecule has 0 aliphatic carbocycles. The van der Waals surface area contributed by atoms with E-state index < -0.39 is 22.2 Å². The number of benzene rings is 11. The van der Waals surface area contributed by atoms with E-state index in [1.807, 2.05) is 273 Å². The molecular weight excluding hydrogens is 2000 g/mol. The van der Waals surface area contributed by atoms with Crippen molar-refractivity contribution in [3.05, 3.63) is 310 Å². The van der Waals surface area contributed by atoms with Gasteiger partial charge in [0.15, 0.2) is 11.5 Å². The zero-order valence-electron chi connectivity index (χ0n) is 94.6. The van der Waals surface area contributed by atoms with E-state index in [0.29, 0.717) is 56.1 Å². The van der Waals surface area contributed by atoms with Gasteiger partial charge in [-0.1, -0.05) is 274 Å². The topological polar surface area (TPSA) is 416 Å². The van der Waals surface area contributed by atoms with Gasteiger partial charge >= 0.3 is 12.2 Å². The molecule has 0 aliphatic rings. The number of aromatic hydroxyl groups is 10. The molecule has 0 bridgehead atoms. The number of phenols is 10. The van der Waals surface area contributed by atoms with Crippen molar-refractivity contribution in [2.75, 3.05) is 50.2 Å². The number of nitrogens with two attached hydrogens (primary N) is 1. The van der Waals surface area contributed by atoms with Crippen molar-refractivity contribution in [1.82, 2.24) is 14.8 Å². The average Bonchev–Trinajstić information content (AvgIpc) is 0.806. The van der Waals surface area contributed by atoms with E-state index in [4.69, 9.17) is 101 Å². The SMILES string of the molecule is CC.CC.CC.CC.CC.CC.CC.CC.CC.CC.CC.CC.CS(=O)(=O)Nc1ccccc1.Cc1c[c-]c(O)cc1.Cc1cc(Cl)c(N)c(Cl)c1.Cc1cc(O)cc(O)c1.Cc1cc(O)cc(O)c1C.Cc1cc(OC(=O)N(C)C)cc(OC(=O)N(C)C)c1.Cc1ccc(C)c(Cl)c1.Cc1ccc(O)c(CO)c1.Cc1ccc(O)c(NC=O)c1.Cc1ccc(O)c(O)c1C.Cc1ccc(O)c2[nH]c(=O)ccc12.[Y]. The molecule has 1 heterocycles. The first kappa shape index (κ1) is 158. The van der Waals surface area contributed by atoms with Crippen molar-refractivity contribution >= 4 is 91.4 Å². The van der Waals surface area contributed by atoms with Crippen LogP contribution < -0.4 is 30.8 Å². The standard InChI is InChI=1S/C13H18N2O4.C10H9NO2.C8H9Cl.C8H9NO2.3C8H10O2.C7H7Cl2N.C7H9NO2S.C7H8O2.C7H7O.12C2H6.Y/c1-9-6-10(18-12(16)14(2)3)8-11(7-9)19-13(17)15(4)5;1-6-2-4-8(12)10-7(6)3-5-9(13)11-10;1-6-3-4-7(2)8(9)5-6;1-6-2-3-8(11)7(4-6)9-5-10;1-5-3-7(9)4-8(10)6(5)2;1-5-3-4-7(9)8(10)6(5)2;1-6-2-3-8(10)7(4-6)5-9;1-4-2-5(8)7(10)6(9)3-4;1-11(9,10)8-7-5-3-2-4-6-7;1-5-2-6(8)4-7(9)3-5;1-6-2-4-7(8)5-3-6;12*1-2;/h6-8H,1-5H3;2-5,12H,1H3,(H,11,13);3-5H,1-2H3;2-5,11H,1H3,(H,9,10);2*3-4,9-10H,1-2H3;2-4,9-10H,5H2,1H3;2-3H,10H2,1H3;2-6,8H,1H3;2-4,8-9H,1H3;2-4,8H,1H3;12*1-2H3;/q;;;;;;;;;;-1;;;;;;;;;;;;;. The average molecular weight is 2180 g/mol. The monoisotopic (exact) mass is 2170 g/mol. The molecule has 0 saturated carbocycles. The van der Waals surface area contributed by atoms with Gasteiger partial charge in [0, 0.05) is 113 Å². The maximum atomic E-state index is 11.5. The van der Waals surface area contributed by atoms with Gasteiger partial charge in [-0.15, -0.1) is 12.1 Å². The van der Waals surface area contributed by atoms with E-state index in [0.717, 1.165) is 83.4 Å². The van der Waals surface area contributed by atoms with Crippen LogP contribution in [0.4, 0.5) is 26.7 Å². The molecule has 30 heteroatoms. The number of pyridine rings is 1. The Morgan fingerprint density at radius 3 is 1.18 bits per heavy atom. The Morgan fingerprint density at radius 2 is 0.793 bits per heavy atom. The Bertz CT molecular complexity index is 5280. The summed E-state index contributed by atoms with van der Waals surface area (Å²) in [5.74, 6) is 1.63. The number of nitrogens with zero attached hydrogens (tertiary/aromatic N) is 2. The molecule has 0 saturated heterocycles. The number of phenolic OH excluding ortho intramolecular Hbond substituents is 9. The van der Waals surface area contributed by atoms with Gasteiger partial charge in [-0.2, -0.15) is 17.7 Å². The number of amides is 3. The first-order valence-electron chi connectivity index (χ1n) is 48.3. The third-order valence-electron chi connectivity index (χ3n) is 16.0. The Morgan fingerprint density at radius 1 is 0.407 bits per heavy atom. The second-order valence-corrected chi connectivity index (χ2v) is 30.3. The Hall–Kier alpha value is -11.9. The Kier molecular flexibility index (Phi) is 107. The summed E-state index contributed by atoms with van der Waals surface area (Å²) in [6, 6.07) is 58.5. The summed E-state index contributed by atoms with van der Waals surface area (Å²) in [6.07, 6.45) is 0.681. The largest absolute Gasteiger partial charge is 0.534 e. The molecule has 0 spiro atoms. The number of nitrogens with one attached hydrogen (secondary N) is 3. The summed E-state index contributed by atoms with van der Waals surface area (Å²) in [5.41, 5.74) is 20.5. The number of carbonyl (C=O) groups excluding carboxylic acids is 3. The number of halogens is 3. The summed E-state index contributed by atoms with van der Waals surface area (Å²) in [4.78, 5) is 49.1. The van der Waals surface area contributed by atoms with E-state index >= 15 is 0 Å². The molecule has 12 rings (SSSR count). The number of para-hydroxylation sites is 1. The maximum Gasteiger partial charge on any atom is 0.414 e. The van der Waals surface area contributed by atoms with Crippen LogP contribution in [0.2, 0.25) is 15.1 Å². The first-order valence-corrected chi connectivity index (χ1v) is 51.3. The molecule has 25 nitrogen and oxygen atoms in total. The van der Waals surface area contributed by atoms with Crippen molar-refractivity contribution in [3.8, 4) is 69.0 Å². The molecule has 145 heavy (non-hydrogen) atoms. The second kappa shape index (κ2) is 98.2. The van der Waals surface area contributed by atoms with Crippen LogP contribution >= 0.6 is 34.8 Å². The van der Waals surface area contributed by atoms with Crippen LogP contribution in [0.3, 0.4) is 0 Å². The Labute approximate surface area is 911 Å². The number of hydrogen-bond donors (Lipinski definition) is 15. The molecule has 0 fully saturated rings. The number of aliphatic hydroxyl groups is 1. The molecule has 11 aromatic carbocycles. The zero-order chi connectivity index (χ0) is 115. The van der Waals surface area contributed by atoms with Crippen molar-refractivity contribution in [2.45, 2.75) is 263 Å². The van der Waals surface area contributed by atoms with E-state index in [1.165, 1.54) is 45.7 Å². The van der Waals surface area contributed by atoms with Gasteiger partial charge < -0.3 is 91.5 Å². The summed E-state index contributed by atoms with van der Waals surface area (Å²) >= 11 is 17.2. The van der Waals surface area contributed by atoms with Crippen LogP contribution in [0.25, 0.3) is 10.9 Å². The molecule has 0 atom stereocenters. The predicted molar refractivity (Wildman–Crippen MR) is 615 cm³/mol. The minimum atomic E-state index is -3.13. The maximum absolute atomic E-state index is 11.5. The molecule has 1 aromatic heterocycles. The third kappa shape index (κ3) is 77.3. The molecule has 813 valence electrons. The molecule has 1 radical (unpaired) electrons. The fourth-order valence-electron chi connectivity index (χ4n) is 9.24. The minimum absolute atomic E-state index is 0. The summed E-state index contributed by atoms with van der Waals surface area (Å²) in [6.45, 7) is 72.5. The van der Waals surface area contributed by atoms with Crippen molar-refractivity contribution in [1.29, 1.82) is 0 Å². The quantitative estimate of drug-likeness (QED) is 0.0305. The van der Waals surface area contributed by atoms with Crippen molar-refractivity contribution in [3.63, 3.8) is 0 Å². The number of sulfonamides is 1. The molecule has 16 N–H and O–H groups in total. The van der Waals surface area contributed by atoms with Crippen LogP contribution in [-0.2, 0) is 54.1 Å². The van der Waals surface area contributed by atoms with Crippen molar-refractivity contribution in [2.24, 2.45) is 0 Å². The number of aromatic amines is 1. The number of aromatic nitrogens is 1. The van der Waals surface area contributed by atoms with Crippen molar-refractivity contribution < 1.29 is 121 Å². The van der Waals surface area contributed by atoms with Gasteiger partial charge in [-0.05, 0) is 241 Å². The predicted octanol–water partition coefficient (Wildman–Crippen LogP) is 31.7. The van der Waals surface area contributed by atoms with E-state index in [2.05, 4.69) is 27.2 Å². The van der Waals surface area contributed by atoms with Gasteiger partial charge in [-0.3, -0.25) is 14.3 Å². The van der Waals surface area contributed by atoms with E-state index in [-0.39, 0.29) is 102 Å². The Balaban J connectivity index is -0.000000132. The van der Waals surface area contributed by atoms with Gasteiger partial charge in [0.1, 0.15) is 51.7 Å². The number of H-pyrrole nitrogens is 1. The van der Waals surface area contributed by atoms with Crippen LogP contribution in [0.1, 0.15) is 244 Å². The first-order chi connectivity index (χ1) is 68.0. The molecular formula is C115H178Cl3N6O19SY-. The molecule has 12 aromatic rings. The third-order valence-corrected chi connectivity index (χ3v) is 17.6. The second-order valence-electron chi connectivity index (χ2n) is 27.3. The van der Waals surface area contributed by atoms with E-state index in [1.54, 1.807) is 175 Å². The number of hydrogen-bond acceptors (Lipinski definition) is 20. The number of nitrogen functional groups attached to an aromatic ring is 1. The summed E-state index contributed by atoms with van der Waals surface area (Å²) in [7, 11) is 3.23. The van der Waals surface area contributed by atoms with Gasteiger partial charge in [0.25, 0.3) is 0 Å². The van der Waals surface area contributed by atoms with Crippen LogP contribution in [0.5, 0.6) is 69.0 Å². The fraction of sp³-hybridized carbons (Fsp3) is 0.374. The number of fused-ring (bicyclic) bond motifs is 1. The number of rotatable bonds is 7. The number of carbonyl (C=O) groups is 3. The molecule has 0 unspecified atom stereocenters. The van der Waals surface area contributed by atoms with Crippen LogP contribution in [0, 0.1) is 96.1 Å². The van der Waals surface area contributed by atoms with Gasteiger partial charge in [0.05, 0.1) is 39.8 Å². The summed E-state index contributed by atoms with van der Waals surface area (Å²) in [5, 5.41) is 104. The smallest absolute Gasteiger partial charge is 0.414 e. The number of ether oxygens (including phenoxy) is 2. The van der Waals surface area contributed by atoms with Gasteiger partial charge in [-0.25, -0.2) is 18.0 Å².